The number of rotatable bonds is 10. The number of amides is 2. The molecular formula is C23H45N4O4PV. The number of hydrogen-bond acceptors (Lipinski definition) is 6. The summed E-state index contributed by atoms with van der Waals surface area (Å²) in [5, 5.41) is 2.77. The Morgan fingerprint density at radius 3 is 1.97 bits per heavy atom. The zero-order valence-corrected chi connectivity index (χ0v) is 24.3. The van der Waals surface area contributed by atoms with Crippen LogP contribution in [-0.2, 0) is 37.7 Å². The van der Waals surface area contributed by atoms with Crippen LogP contribution in [0.15, 0.2) is 37.1 Å². The predicted molar refractivity (Wildman–Crippen MR) is 138 cm³/mol. The Labute approximate surface area is 216 Å². The van der Waals surface area contributed by atoms with Gasteiger partial charge in [0.1, 0.15) is 6.61 Å². The van der Waals surface area contributed by atoms with Crippen LogP contribution >= 0.6 is 9.90 Å². The van der Waals surface area contributed by atoms with Crippen molar-refractivity contribution in [1.82, 2.24) is 20.0 Å². The van der Waals surface area contributed by atoms with E-state index in [1.807, 2.05) is 33.1 Å². The molecule has 1 saturated heterocycles. The molecule has 0 aromatic carbocycles. The van der Waals surface area contributed by atoms with E-state index in [0.29, 0.717) is 24.2 Å². The second-order valence-corrected chi connectivity index (χ2v) is 7.79. The van der Waals surface area contributed by atoms with E-state index in [4.69, 9.17) is 4.74 Å². The maximum atomic E-state index is 11.0. The van der Waals surface area contributed by atoms with Gasteiger partial charge in [-0.15, -0.1) is 0 Å². The maximum Gasteiger partial charge on any atom is 0.333 e. The number of ether oxygens (including phenoxy) is 1. The fraction of sp³-hybridized carbons (Fsp3) is 0.609. The van der Waals surface area contributed by atoms with Crippen molar-refractivity contribution >= 4 is 27.7 Å². The Bertz CT molecular complexity index is 613. The Balaban J connectivity index is -0.000000188. The van der Waals surface area contributed by atoms with Crippen LogP contribution in [0.1, 0.15) is 33.1 Å². The third kappa shape index (κ3) is 25.0. The molecule has 191 valence electrons. The monoisotopic (exact) mass is 523 g/mol. The van der Waals surface area contributed by atoms with Crippen LogP contribution in [-0.4, -0.2) is 93.5 Å². The Morgan fingerprint density at radius 2 is 1.64 bits per heavy atom. The summed E-state index contributed by atoms with van der Waals surface area (Å²) in [5.74, 6) is -0.152. The molecule has 10 heteroatoms. The molecule has 0 bridgehead atoms. The third-order valence-electron chi connectivity index (χ3n) is 3.91. The number of likely N-dealkylation sites (N-methyl/N-ethyl adjacent to an activating group) is 1. The molecule has 0 aliphatic carbocycles. The zero-order valence-electron chi connectivity index (χ0n) is 21.5. The minimum Gasteiger partial charge on any atom is -0.461 e. The van der Waals surface area contributed by atoms with E-state index >= 15 is 0 Å². The van der Waals surface area contributed by atoms with Gasteiger partial charge >= 0.3 is 5.97 Å². The number of likely N-dealkylation sites (tertiary alicyclic amines) is 1. The molecule has 0 aromatic heterocycles. The quantitative estimate of drug-likeness (QED) is 0.205. The van der Waals surface area contributed by atoms with Gasteiger partial charge in [-0.25, -0.2) is 4.79 Å². The molecule has 1 aliphatic rings. The summed E-state index contributed by atoms with van der Waals surface area (Å²) in [5.41, 5.74) is 1.02. The molecule has 33 heavy (non-hydrogen) atoms. The molecular weight excluding hydrogens is 478 g/mol. The minimum absolute atomic E-state index is 0. The number of nitrogens with one attached hydrogen (secondary N) is 1. The average molecular weight is 524 g/mol. The van der Waals surface area contributed by atoms with Crippen molar-refractivity contribution in [2.75, 3.05) is 61.0 Å². The predicted octanol–water partition coefficient (Wildman–Crippen LogP) is 2.11. The zero-order chi connectivity index (χ0) is 24.4. The number of esters is 1. The normalized spacial score (nSPS) is 11.6. The van der Waals surface area contributed by atoms with Crippen LogP contribution in [0.4, 0.5) is 0 Å². The number of carbonyl (C=O) groups is 3. The summed E-state index contributed by atoms with van der Waals surface area (Å²) in [6, 6.07) is 0. The van der Waals surface area contributed by atoms with E-state index in [-0.39, 0.29) is 46.2 Å². The standard InChI is InChI=1S/C9H18N2O.C8H15NO2.C6H9NO.H3P.V/c1-8(2)9(12)10-6-5-7-11(3)4;1-7(2)8(10)11-6-5-9(3)4;1-2-7-5-3-4-6(7)8;;/h1,5-7H2,2-4H3,(H,10,12);1,5-6H2,2-4H3;2H,1,3-5H2;1H3;. The van der Waals surface area contributed by atoms with E-state index in [0.717, 1.165) is 39.0 Å². The van der Waals surface area contributed by atoms with Gasteiger partial charge < -0.3 is 24.8 Å². The van der Waals surface area contributed by atoms with Crippen molar-refractivity contribution in [3.8, 4) is 0 Å². The Hall–Kier alpha value is -1.44. The van der Waals surface area contributed by atoms with E-state index in [9.17, 15) is 14.4 Å². The van der Waals surface area contributed by atoms with Crippen molar-refractivity contribution in [1.29, 1.82) is 0 Å². The molecule has 1 unspecified atom stereocenters. The van der Waals surface area contributed by atoms with Gasteiger partial charge in [0.05, 0.1) is 0 Å². The molecule has 1 fully saturated rings. The van der Waals surface area contributed by atoms with E-state index in [1.54, 1.807) is 24.9 Å². The van der Waals surface area contributed by atoms with Crippen LogP contribution in [0.25, 0.3) is 0 Å². The summed E-state index contributed by atoms with van der Waals surface area (Å²) in [7, 11) is 7.88. The topological polar surface area (TPSA) is 82.2 Å². The van der Waals surface area contributed by atoms with E-state index in [2.05, 4.69) is 30.0 Å². The number of carbonyl (C=O) groups excluding carboxylic acids is 3. The van der Waals surface area contributed by atoms with Crippen molar-refractivity contribution in [3.05, 3.63) is 37.1 Å². The van der Waals surface area contributed by atoms with Crippen LogP contribution in [0, 0.1) is 0 Å². The van der Waals surface area contributed by atoms with Gasteiger partial charge in [0, 0.05) is 55.8 Å². The van der Waals surface area contributed by atoms with Crippen LogP contribution in [0.3, 0.4) is 0 Å². The van der Waals surface area contributed by atoms with E-state index < -0.39 is 0 Å². The molecule has 0 aromatic rings. The molecule has 1 radical (unpaired) electrons. The Kier molecular flexibility index (Phi) is 27.9. The van der Waals surface area contributed by atoms with E-state index in [1.165, 1.54) is 0 Å². The Morgan fingerprint density at radius 1 is 1.09 bits per heavy atom. The molecule has 1 aliphatic heterocycles. The first-order valence-corrected chi connectivity index (χ1v) is 10.4. The summed E-state index contributed by atoms with van der Waals surface area (Å²) < 4.78 is 4.83. The molecule has 2 amide bonds. The molecule has 1 N–H and O–H groups in total. The molecule has 1 heterocycles. The first-order chi connectivity index (χ1) is 14.4. The van der Waals surface area contributed by atoms with Crippen LogP contribution < -0.4 is 5.32 Å². The third-order valence-corrected chi connectivity index (χ3v) is 3.91. The number of hydrogen-bond donors (Lipinski definition) is 1. The van der Waals surface area contributed by atoms with Gasteiger partial charge in [0.2, 0.25) is 11.8 Å². The molecule has 1 rings (SSSR count). The summed E-state index contributed by atoms with van der Waals surface area (Å²) in [4.78, 5) is 38.1. The van der Waals surface area contributed by atoms with Gasteiger partial charge in [-0.05, 0) is 67.6 Å². The van der Waals surface area contributed by atoms with Crippen LogP contribution in [0.2, 0.25) is 0 Å². The van der Waals surface area contributed by atoms with Gasteiger partial charge in [0.15, 0.2) is 0 Å². The van der Waals surface area contributed by atoms with Gasteiger partial charge in [-0.1, -0.05) is 19.7 Å². The van der Waals surface area contributed by atoms with Gasteiger partial charge in [-0.3, -0.25) is 9.59 Å². The van der Waals surface area contributed by atoms with Crippen molar-refractivity contribution in [2.45, 2.75) is 33.1 Å². The first-order valence-electron chi connectivity index (χ1n) is 10.4. The van der Waals surface area contributed by atoms with Crippen molar-refractivity contribution in [3.63, 3.8) is 0 Å². The smallest absolute Gasteiger partial charge is 0.333 e. The SMILES string of the molecule is C=C(C)C(=O)NCCCN(C)C.C=C(C)C(=O)OCCN(C)C.C=CN1CCCC1=O.P.[V]. The maximum absolute atomic E-state index is 11.0. The van der Waals surface area contributed by atoms with Crippen molar-refractivity contribution < 1.29 is 37.7 Å². The minimum atomic E-state index is -0.313. The summed E-state index contributed by atoms with van der Waals surface area (Å²) in [6.07, 6.45) is 4.26. The largest absolute Gasteiger partial charge is 0.461 e. The fourth-order valence-corrected chi connectivity index (χ4v) is 2.05. The second-order valence-electron chi connectivity index (χ2n) is 7.79. The number of nitrogens with zero attached hydrogens (tertiary/aromatic N) is 3. The molecule has 8 nitrogen and oxygen atoms in total. The molecule has 1 atom stereocenters. The van der Waals surface area contributed by atoms with Crippen molar-refractivity contribution in [2.24, 2.45) is 0 Å². The fourth-order valence-electron chi connectivity index (χ4n) is 2.05. The molecule has 0 spiro atoms. The van der Waals surface area contributed by atoms with Crippen LogP contribution in [0.5, 0.6) is 0 Å². The average Bonchev–Trinajstić information content (AvgIpc) is 3.10. The van der Waals surface area contributed by atoms with Gasteiger partial charge in [-0.2, -0.15) is 9.90 Å². The second kappa shape index (κ2) is 23.7. The van der Waals surface area contributed by atoms with Gasteiger partial charge in [0.25, 0.3) is 0 Å². The summed E-state index contributed by atoms with van der Waals surface area (Å²) in [6.45, 7) is 17.6. The summed E-state index contributed by atoms with van der Waals surface area (Å²) >= 11 is 0. The first kappa shape index (κ1) is 38.8. The molecule has 0 saturated carbocycles.